The summed E-state index contributed by atoms with van der Waals surface area (Å²) in [6.45, 7) is 5.04. The third-order valence-corrected chi connectivity index (χ3v) is 5.35. The second-order valence-corrected chi connectivity index (χ2v) is 7.84. The van der Waals surface area contributed by atoms with E-state index in [0.717, 1.165) is 25.2 Å². The van der Waals surface area contributed by atoms with E-state index in [1.165, 1.54) is 28.5 Å². The van der Waals surface area contributed by atoms with Gasteiger partial charge in [0.1, 0.15) is 5.82 Å². The first-order valence-corrected chi connectivity index (χ1v) is 10.4. The van der Waals surface area contributed by atoms with Crippen LogP contribution in [0.3, 0.4) is 0 Å². The number of hydrogen-bond acceptors (Lipinski definition) is 1. The molecule has 30 heavy (non-hydrogen) atoms. The minimum atomic E-state index is -0.147. The Balaban J connectivity index is 1.56. The molecule has 1 aromatic heterocycles. The maximum Gasteiger partial charge on any atom is 0.127 e. The summed E-state index contributed by atoms with van der Waals surface area (Å²) >= 11 is 0. The van der Waals surface area contributed by atoms with Crippen molar-refractivity contribution in [1.29, 1.82) is 0 Å². The summed E-state index contributed by atoms with van der Waals surface area (Å²) in [4.78, 5) is 2.30. The highest BCUT2D eigenvalue weighted by molar-refractivity contribution is 5.24. The lowest BCUT2D eigenvalue weighted by molar-refractivity contribution is 0.238. The van der Waals surface area contributed by atoms with Crippen LogP contribution in [0.5, 0.6) is 0 Å². The first-order valence-electron chi connectivity index (χ1n) is 10.4. The average molecular weight is 399 g/mol. The lowest BCUT2D eigenvalue weighted by Gasteiger charge is -2.24. The molecule has 2 nitrogen and oxygen atoms in total. The van der Waals surface area contributed by atoms with Gasteiger partial charge in [-0.25, -0.2) is 4.39 Å². The fourth-order valence-corrected chi connectivity index (χ4v) is 3.86. The Bertz CT molecular complexity index is 1080. The summed E-state index contributed by atoms with van der Waals surface area (Å²) < 4.78 is 16.6. The molecule has 0 aliphatic heterocycles. The highest BCUT2D eigenvalue weighted by atomic mass is 19.1. The SMILES string of the molecule is Cc1cccc(Cn2cccc2CN(Cc2ccccc2)Cc2ccccc2F)c1. The van der Waals surface area contributed by atoms with Crippen LogP contribution in [0.1, 0.15) is 27.9 Å². The Labute approximate surface area is 178 Å². The molecule has 0 unspecified atom stereocenters. The second-order valence-electron chi connectivity index (χ2n) is 7.84. The molecule has 0 saturated carbocycles. The van der Waals surface area contributed by atoms with Gasteiger partial charge < -0.3 is 4.57 Å². The summed E-state index contributed by atoms with van der Waals surface area (Å²) in [7, 11) is 0. The van der Waals surface area contributed by atoms with Crippen molar-refractivity contribution in [2.45, 2.75) is 33.1 Å². The van der Waals surface area contributed by atoms with Crippen LogP contribution in [0.25, 0.3) is 0 Å². The zero-order chi connectivity index (χ0) is 20.8. The smallest absolute Gasteiger partial charge is 0.127 e. The van der Waals surface area contributed by atoms with Crippen molar-refractivity contribution in [1.82, 2.24) is 9.47 Å². The molecule has 0 atom stereocenters. The number of aromatic nitrogens is 1. The monoisotopic (exact) mass is 398 g/mol. The Hall–Kier alpha value is -3.17. The van der Waals surface area contributed by atoms with Crippen molar-refractivity contribution in [2.24, 2.45) is 0 Å². The number of halogens is 1. The molecule has 0 radical (unpaired) electrons. The number of hydrogen-bond donors (Lipinski definition) is 0. The molecule has 0 saturated heterocycles. The predicted molar refractivity (Wildman–Crippen MR) is 121 cm³/mol. The second kappa shape index (κ2) is 9.55. The molecule has 3 aromatic carbocycles. The lowest BCUT2D eigenvalue weighted by atomic mass is 10.1. The van der Waals surface area contributed by atoms with E-state index in [9.17, 15) is 4.39 Å². The van der Waals surface area contributed by atoms with Gasteiger partial charge in [-0.15, -0.1) is 0 Å². The van der Waals surface area contributed by atoms with E-state index in [4.69, 9.17) is 0 Å². The van der Waals surface area contributed by atoms with Crippen molar-refractivity contribution >= 4 is 0 Å². The summed E-state index contributed by atoms with van der Waals surface area (Å²) in [6.07, 6.45) is 2.13. The Morgan fingerprint density at radius 1 is 0.733 bits per heavy atom. The maximum absolute atomic E-state index is 14.3. The zero-order valence-electron chi connectivity index (χ0n) is 17.3. The lowest BCUT2D eigenvalue weighted by Crippen LogP contribution is -2.24. The summed E-state index contributed by atoms with van der Waals surface area (Å²) in [5.74, 6) is -0.147. The van der Waals surface area contributed by atoms with E-state index in [-0.39, 0.29) is 5.82 Å². The Kier molecular flexibility index (Phi) is 6.41. The molecule has 0 spiro atoms. The molecule has 152 valence electrons. The van der Waals surface area contributed by atoms with Crippen molar-refractivity contribution < 1.29 is 4.39 Å². The molecule has 3 heteroatoms. The van der Waals surface area contributed by atoms with E-state index >= 15 is 0 Å². The summed E-state index contributed by atoms with van der Waals surface area (Å²) in [5.41, 5.74) is 5.74. The third-order valence-electron chi connectivity index (χ3n) is 5.35. The molecular weight excluding hydrogens is 371 g/mol. The van der Waals surface area contributed by atoms with E-state index in [2.05, 4.69) is 83.3 Å². The molecule has 0 aliphatic rings. The molecule has 0 bridgehead atoms. The summed E-state index contributed by atoms with van der Waals surface area (Å²) in [5, 5.41) is 0. The minimum Gasteiger partial charge on any atom is -0.346 e. The molecule has 0 fully saturated rings. The number of nitrogens with zero attached hydrogens (tertiary/aromatic N) is 2. The van der Waals surface area contributed by atoms with Gasteiger partial charge in [0.05, 0.1) is 0 Å². The van der Waals surface area contributed by atoms with Crippen LogP contribution in [-0.4, -0.2) is 9.47 Å². The first kappa shape index (κ1) is 20.1. The quantitative estimate of drug-likeness (QED) is 0.344. The highest BCUT2D eigenvalue weighted by Gasteiger charge is 2.13. The van der Waals surface area contributed by atoms with Crippen LogP contribution in [0, 0.1) is 12.7 Å². The molecule has 4 rings (SSSR count). The van der Waals surface area contributed by atoms with Gasteiger partial charge in [0.25, 0.3) is 0 Å². The van der Waals surface area contributed by atoms with E-state index in [1.54, 1.807) is 6.07 Å². The van der Waals surface area contributed by atoms with Crippen molar-refractivity contribution in [3.05, 3.63) is 131 Å². The molecule has 1 heterocycles. The van der Waals surface area contributed by atoms with Gasteiger partial charge in [0, 0.05) is 43.6 Å². The Morgan fingerprint density at radius 3 is 2.30 bits per heavy atom. The molecule has 0 N–H and O–H groups in total. The molecule has 0 aliphatic carbocycles. The summed E-state index contributed by atoms with van der Waals surface area (Å²) in [6, 6.07) is 30.3. The van der Waals surface area contributed by atoms with Crippen LogP contribution in [0.2, 0.25) is 0 Å². The van der Waals surface area contributed by atoms with E-state index in [0.29, 0.717) is 6.54 Å². The Morgan fingerprint density at radius 2 is 1.50 bits per heavy atom. The van der Waals surface area contributed by atoms with Gasteiger partial charge in [-0.2, -0.15) is 0 Å². The molecule has 4 aromatic rings. The van der Waals surface area contributed by atoms with Crippen LogP contribution < -0.4 is 0 Å². The third kappa shape index (κ3) is 5.25. The van der Waals surface area contributed by atoms with Gasteiger partial charge in [-0.3, -0.25) is 4.90 Å². The van der Waals surface area contributed by atoms with Crippen molar-refractivity contribution in [2.75, 3.05) is 0 Å². The fourth-order valence-electron chi connectivity index (χ4n) is 3.86. The van der Waals surface area contributed by atoms with Gasteiger partial charge in [-0.1, -0.05) is 78.4 Å². The number of rotatable bonds is 8. The number of aryl methyl sites for hydroxylation is 1. The normalized spacial score (nSPS) is 11.2. The van der Waals surface area contributed by atoms with Crippen LogP contribution in [0.4, 0.5) is 4.39 Å². The van der Waals surface area contributed by atoms with E-state index < -0.39 is 0 Å². The van der Waals surface area contributed by atoms with E-state index in [1.807, 2.05) is 18.2 Å². The van der Waals surface area contributed by atoms with Crippen LogP contribution in [-0.2, 0) is 26.2 Å². The highest BCUT2D eigenvalue weighted by Crippen LogP contribution is 2.18. The molecular formula is C27H27FN2. The van der Waals surface area contributed by atoms with Crippen molar-refractivity contribution in [3.8, 4) is 0 Å². The number of benzene rings is 3. The van der Waals surface area contributed by atoms with Gasteiger partial charge >= 0.3 is 0 Å². The van der Waals surface area contributed by atoms with Crippen LogP contribution in [0.15, 0.2) is 97.2 Å². The molecule has 0 amide bonds. The topological polar surface area (TPSA) is 8.17 Å². The van der Waals surface area contributed by atoms with Gasteiger partial charge in [0.2, 0.25) is 0 Å². The fraction of sp³-hybridized carbons (Fsp3) is 0.185. The predicted octanol–water partition coefficient (Wildman–Crippen LogP) is 6.19. The zero-order valence-corrected chi connectivity index (χ0v) is 17.3. The average Bonchev–Trinajstić information content (AvgIpc) is 3.17. The maximum atomic E-state index is 14.3. The van der Waals surface area contributed by atoms with Gasteiger partial charge in [0.15, 0.2) is 0 Å². The van der Waals surface area contributed by atoms with Crippen molar-refractivity contribution in [3.63, 3.8) is 0 Å². The van der Waals surface area contributed by atoms with Gasteiger partial charge in [-0.05, 0) is 36.2 Å². The van der Waals surface area contributed by atoms with Crippen LogP contribution >= 0.6 is 0 Å². The minimum absolute atomic E-state index is 0.147. The standard InChI is InChI=1S/C27H27FN2/c1-22-9-7-12-24(17-22)19-30-16-8-14-26(30)21-29(18-23-10-3-2-4-11-23)20-25-13-5-6-15-27(25)28/h2-17H,18-21H2,1H3. The first-order chi connectivity index (χ1) is 14.7. The largest absolute Gasteiger partial charge is 0.346 e.